The van der Waals surface area contributed by atoms with Gasteiger partial charge >= 0.3 is 0 Å². The second kappa shape index (κ2) is 14.7. The molecule has 6 heteroatoms. The summed E-state index contributed by atoms with van der Waals surface area (Å²) < 4.78 is 14.0. The van der Waals surface area contributed by atoms with Crippen LogP contribution < -0.4 is 14.8 Å². The lowest BCUT2D eigenvalue weighted by Gasteiger charge is -2.22. The molecule has 0 fully saturated rings. The van der Waals surface area contributed by atoms with Gasteiger partial charge in [-0.1, -0.05) is 68.4 Å². The number of fused-ring (bicyclic) bond motifs is 1. The number of para-hydroxylation sites is 1. The molecule has 1 heterocycles. The van der Waals surface area contributed by atoms with Gasteiger partial charge in [0.2, 0.25) is 5.91 Å². The predicted octanol–water partition coefficient (Wildman–Crippen LogP) is 6.91. The molecule has 1 aromatic heterocycles. The summed E-state index contributed by atoms with van der Waals surface area (Å²) in [4.78, 5) is 15.9. The van der Waals surface area contributed by atoms with Crippen molar-refractivity contribution in [2.24, 2.45) is 7.05 Å². The van der Waals surface area contributed by atoms with E-state index in [1.807, 2.05) is 42.5 Å². The van der Waals surface area contributed by atoms with E-state index in [1.165, 1.54) is 0 Å². The summed E-state index contributed by atoms with van der Waals surface area (Å²) in [6.07, 6.45) is 4.53. The maximum atomic E-state index is 13.5. The van der Waals surface area contributed by atoms with E-state index in [2.05, 4.69) is 79.1 Å². The van der Waals surface area contributed by atoms with Gasteiger partial charge in [0.25, 0.3) is 0 Å². The zero-order valence-corrected chi connectivity index (χ0v) is 25.2. The van der Waals surface area contributed by atoms with E-state index in [-0.39, 0.29) is 17.9 Å². The molecule has 1 amide bonds. The van der Waals surface area contributed by atoms with Crippen molar-refractivity contribution in [3.8, 4) is 11.5 Å². The minimum atomic E-state index is -0.144. The van der Waals surface area contributed by atoms with Crippen molar-refractivity contribution in [3.63, 3.8) is 0 Å². The minimum absolute atomic E-state index is 0.0563. The highest BCUT2D eigenvalue weighted by Gasteiger charge is 2.24. The van der Waals surface area contributed by atoms with Crippen LogP contribution in [-0.4, -0.2) is 48.2 Å². The Bertz CT molecular complexity index is 1390. The van der Waals surface area contributed by atoms with Crippen LogP contribution in [0.2, 0.25) is 0 Å². The molecule has 0 spiro atoms. The number of carbonyl (C=O) groups excluding carboxylic acids is 1. The van der Waals surface area contributed by atoms with Crippen molar-refractivity contribution in [3.05, 3.63) is 95.7 Å². The highest BCUT2D eigenvalue weighted by molar-refractivity contribution is 5.86. The van der Waals surface area contributed by atoms with Gasteiger partial charge in [0, 0.05) is 42.5 Å². The smallest absolute Gasteiger partial charge is 0.221 e. The number of amides is 1. The fourth-order valence-corrected chi connectivity index (χ4v) is 5.57. The molecule has 0 radical (unpaired) electrons. The number of aromatic nitrogens is 1. The monoisotopic (exact) mass is 555 g/mol. The van der Waals surface area contributed by atoms with Crippen LogP contribution in [0.25, 0.3) is 10.9 Å². The van der Waals surface area contributed by atoms with E-state index in [9.17, 15) is 4.79 Å². The summed E-state index contributed by atoms with van der Waals surface area (Å²) in [6, 6.07) is 24.6. The van der Waals surface area contributed by atoms with Crippen LogP contribution in [-0.2, 0) is 18.4 Å². The van der Waals surface area contributed by atoms with Gasteiger partial charge in [0.1, 0.15) is 6.61 Å². The van der Waals surface area contributed by atoms with E-state index in [1.54, 1.807) is 7.11 Å². The Labute approximate surface area is 245 Å². The van der Waals surface area contributed by atoms with Crippen LogP contribution in [0.5, 0.6) is 11.5 Å². The molecule has 0 unspecified atom stereocenters. The molecule has 2 atom stereocenters. The summed E-state index contributed by atoms with van der Waals surface area (Å²) >= 11 is 0. The molecule has 41 heavy (non-hydrogen) atoms. The molecular formula is C35H45N3O3. The van der Waals surface area contributed by atoms with E-state index >= 15 is 0 Å². The van der Waals surface area contributed by atoms with Crippen LogP contribution in [0, 0.1) is 0 Å². The number of nitrogens with one attached hydrogen (secondary N) is 1. The van der Waals surface area contributed by atoms with Gasteiger partial charge < -0.3 is 24.3 Å². The molecule has 0 saturated carbocycles. The Balaban J connectivity index is 1.59. The summed E-state index contributed by atoms with van der Waals surface area (Å²) in [5.41, 5.74) is 4.38. The van der Waals surface area contributed by atoms with Gasteiger partial charge in [0.05, 0.1) is 7.11 Å². The van der Waals surface area contributed by atoms with Crippen molar-refractivity contribution >= 4 is 16.8 Å². The molecular weight excluding hydrogens is 510 g/mol. The normalized spacial score (nSPS) is 12.8. The van der Waals surface area contributed by atoms with Crippen molar-refractivity contribution in [2.75, 3.05) is 26.7 Å². The lowest BCUT2D eigenvalue weighted by atomic mass is 9.87. The number of benzene rings is 3. The zero-order chi connectivity index (χ0) is 29.2. The van der Waals surface area contributed by atoms with E-state index in [0.29, 0.717) is 24.5 Å². The van der Waals surface area contributed by atoms with Gasteiger partial charge in [0.15, 0.2) is 11.5 Å². The quantitative estimate of drug-likeness (QED) is 0.173. The highest BCUT2D eigenvalue weighted by Crippen LogP contribution is 2.38. The lowest BCUT2D eigenvalue weighted by molar-refractivity contribution is -0.121. The summed E-state index contributed by atoms with van der Waals surface area (Å²) in [5.74, 6) is 1.26. The molecule has 6 nitrogen and oxygen atoms in total. The lowest BCUT2D eigenvalue weighted by Crippen LogP contribution is -2.34. The highest BCUT2D eigenvalue weighted by atomic mass is 16.5. The molecule has 0 aliphatic carbocycles. The topological polar surface area (TPSA) is 55.7 Å². The first-order valence-corrected chi connectivity index (χ1v) is 14.8. The summed E-state index contributed by atoms with van der Waals surface area (Å²) in [5, 5.41) is 4.43. The fraction of sp³-hybridized carbons (Fsp3) is 0.400. The third-order valence-electron chi connectivity index (χ3n) is 7.93. The summed E-state index contributed by atoms with van der Waals surface area (Å²) in [6.45, 7) is 10.1. The van der Waals surface area contributed by atoms with Crippen LogP contribution in [0.1, 0.15) is 62.6 Å². The predicted molar refractivity (Wildman–Crippen MR) is 168 cm³/mol. The molecule has 0 bridgehead atoms. The minimum Gasteiger partial charge on any atom is -0.493 e. The van der Waals surface area contributed by atoms with Crippen LogP contribution in [0.3, 0.4) is 0 Å². The second-order valence-corrected chi connectivity index (χ2v) is 10.8. The first kappa shape index (κ1) is 30.2. The largest absolute Gasteiger partial charge is 0.493 e. The Morgan fingerprint density at radius 1 is 0.976 bits per heavy atom. The number of methoxy groups -OCH3 is 1. The molecule has 1 N–H and O–H groups in total. The molecule has 0 aliphatic rings. The zero-order valence-electron chi connectivity index (χ0n) is 25.2. The van der Waals surface area contributed by atoms with Crippen LogP contribution in [0.4, 0.5) is 0 Å². The van der Waals surface area contributed by atoms with Gasteiger partial charge in [-0.15, -0.1) is 0 Å². The van der Waals surface area contributed by atoms with Crippen molar-refractivity contribution in [1.82, 2.24) is 14.8 Å². The Morgan fingerprint density at radius 3 is 2.44 bits per heavy atom. The average molecular weight is 556 g/mol. The number of nitrogens with zero attached hydrogens (tertiary/aromatic N) is 2. The van der Waals surface area contributed by atoms with Crippen LogP contribution in [0.15, 0.2) is 79.0 Å². The number of hydrogen-bond acceptors (Lipinski definition) is 4. The Hall–Kier alpha value is -3.77. The third-order valence-corrected chi connectivity index (χ3v) is 7.93. The average Bonchev–Trinajstić information content (AvgIpc) is 3.33. The molecule has 0 saturated heterocycles. The molecule has 218 valence electrons. The first-order valence-electron chi connectivity index (χ1n) is 14.8. The van der Waals surface area contributed by atoms with Gasteiger partial charge in [-0.05, 0) is 74.3 Å². The number of rotatable bonds is 15. The Morgan fingerprint density at radius 2 is 1.71 bits per heavy atom. The van der Waals surface area contributed by atoms with Crippen molar-refractivity contribution in [1.29, 1.82) is 0 Å². The number of aryl methyl sites for hydroxylation is 1. The van der Waals surface area contributed by atoms with E-state index in [4.69, 9.17) is 9.47 Å². The fourth-order valence-electron chi connectivity index (χ4n) is 5.57. The first-order chi connectivity index (χ1) is 19.9. The maximum Gasteiger partial charge on any atom is 0.221 e. The SMILES string of the molecule is CCN(CC)CCC[C@@H](C)NC(=O)C[C@H](c1ccc(OC)c(OCc2ccccc2)c1)c1cn(C)c2ccccc12. The van der Waals surface area contributed by atoms with E-state index < -0.39 is 0 Å². The Kier molecular flexibility index (Phi) is 10.9. The van der Waals surface area contributed by atoms with Crippen molar-refractivity contribution < 1.29 is 14.3 Å². The second-order valence-electron chi connectivity index (χ2n) is 10.8. The number of ether oxygens (including phenoxy) is 2. The molecule has 4 rings (SSSR count). The standard InChI is InChI=1S/C35H45N3O3/c1-6-38(7-2)21-13-14-26(3)36-35(39)23-30(31-24-37(4)32-18-12-11-17-29(31)32)28-19-20-33(40-5)34(22-28)41-25-27-15-9-8-10-16-27/h8-12,15-20,22,24,26,30H,6-7,13-14,21,23,25H2,1-5H3,(H,36,39)/t26-,30-/m1/s1. The van der Waals surface area contributed by atoms with Gasteiger partial charge in [-0.25, -0.2) is 0 Å². The molecule has 4 aromatic rings. The van der Waals surface area contributed by atoms with Gasteiger partial charge in [-0.3, -0.25) is 4.79 Å². The third kappa shape index (κ3) is 7.92. The number of hydrogen-bond donors (Lipinski definition) is 1. The summed E-state index contributed by atoms with van der Waals surface area (Å²) in [7, 11) is 3.71. The van der Waals surface area contributed by atoms with Crippen LogP contribution >= 0.6 is 0 Å². The number of carbonyl (C=O) groups is 1. The van der Waals surface area contributed by atoms with E-state index in [0.717, 1.165) is 60.1 Å². The maximum absolute atomic E-state index is 13.5. The molecule has 3 aromatic carbocycles. The van der Waals surface area contributed by atoms with Crippen molar-refractivity contribution in [2.45, 2.75) is 58.6 Å². The van der Waals surface area contributed by atoms with Gasteiger partial charge in [-0.2, -0.15) is 0 Å². The molecule has 0 aliphatic heterocycles.